The number of carbonyl (C=O) groups excluding carboxylic acids is 1. The lowest BCUT2D eigenvalue weighted by Gasteiger charge is -2.16. The highest BCUT2D eigenvalue weighted by molar-refractivity contribution is 6.31. The number of carbonyl (C=O) groups is 1. The molecule has 0 saturated carbocycles. The molecule has 7 heteroatoms. The summed E-state index contributed by atoms with van der Waals surface area (Å²) in [5.74, 6) is 0.494. The molecule has 164 valence electrons. The lowest BCUT2D eigenvalue weighted by Crippen LogP contribution is -2.27. The number of nitrogens with one attached hydrogen (secondary N) is 1. The molecule has 32 heavy (non-hydrogen) atoms. The summed E-state index contributed by atoms with van der Waals surface area (Å²) in [6, 6.07) is 24.2. The van der Waals surface area contributed by atoms with E-state index in [0.717, 1.165) is 16.6 Å². The van der Waals surface area contributed by atoms with Gasteiger partial charge in [-0.05, 0) is 35.9 Å². The highest BCUT2D eigenvalue weighted by atomic mass is 35.5. The number of aliphatic hydroxyl groups is 1. The molecule has 6 nitrogen and oxygen atoms in total. The summed E-state index contributed by atoms with van der Waals surface area (Å²) in [6.07, 6.45) is -0.751. The van der Waals surface area contributed by atoms with Gasteiger partial charge in [-0.25, -0.2) is 4.98 Å². The Morgan fingerprint density at radius 1 is 1.03 bits per heavy atom. The minimum absolute atomic E-state index is 0.146. The van der Waals surface area contributed by atoms with E-state index in [1.165, 1.54) is 0 Å². The first-order valence-electron chi connectivity index (χ1n) is 10.4. The fourth-order valence-electron chi connectivity index (χ4n) is 3.50. The minimum Gasteiger partial charge on any atom is -0.389 e. The standard InChI is InChI=1S/C25H24ClN3O3/c26-21-11-5-4-10-19(21)16-32-17-20(30)15-29-23-13-7-6-12-22(23)28-24(29)14-27-25(31)18-8-2-1-3-9-18/h1-13,20,30H,14-17H2,(H,27,31). The van der Waals surface area contributed by atoms with Crippen molar-refractivity contribution in [2.45, 2.75) is 25.8 Å². The number of fused-ring (bicyclic) bond motifs is 1. The second-order valence-corrected chi connectivity index (χ2v) is 7.84. The Balaban J connectivity index is 1.42. The average molecular weight is 450 g/mol. The second kappa shape index (κ2) is 10.4. The predicted molar refractivity (Wildman–Crippen MR) is 124 cm³/mol. The molecule has 1 aromatic heterocycles. The molecule has 3 aromatic carbocycles. The molecule has 0 radical (unpaired) electrons. The molecule has 2 N–H and O–H groups in total. The van der Waals surface area contributed by atoms with Crippen LogP contribution >= 0.6 is 11.6 Å². The molecule has 0 aliphatic heterocycles. The molecule has 4 aromatic rings. The SMILES string of the molecule is O=C(NCc1nc2ccccc2n1CC(O)COCc1ccccc1Cl)c1ccccc1. The predicted octanol–water partition coefficient (Wildman–Crippen LogP) is 4.20. The first kappa shape index (κ1) is 22.0. The number of hydrogen-bond acceptors (Lipinski definition) is 4. The number of para-hydroxylation sites is 2. The molecule has 4 rings (SSSR count). The molecule has 1 unspecified atom stereocenters. The van der Waals surface area contributed by atoms with Crippen molar-refractivity contribution in [1.29, 1.82) is 0 Å². The molecule has 1 heterocycles. The van der Waals surface area contributed by atoms with Gasteiger partial charge in [0.2, 0.25) is 0 Å². The topological polar surface area (TPSA) is 76.4 Å². The maximum Gasteiger partial charge on any atom is 0.251 e. The number of imidazole rings is 1. The fourth-order valence-corrected chi connectivity index (χ4v) is 3.69. The molecule has 0 aliphatic carbocycles. The van der Waals surface area contributed by atoms with Crippen molar-refractivity contribution < 1.29 is 14.6 Å². The number of halogens is 1. The third kappa shape index (κ3) is 5.34. The third-order valence-electron chi connectivity index (χ3n) is 5.10. The molecular weight excluding hydrogens is 426 g/mol. The van der Waals surface area contributed by atoms with Gasteiger partial charge in [0, 0.05) is 10.6 Å². The lowest BCUT2D eigenvalue weighted by molar-refractivity contribution is 0.0205. The highest BCUT2D eigenvalue weighted by Gasteiger charge is 2.16. The van der Waals surface area contributed by atoms with Crippen molar-refractivity contribution >= 4 is 28.5 Å². The number of aromatic nitrogens is 2. The molecular formula is C25H24ClN3O3. The van der Waals surface area contributed by atoms with Gasteiger partial charge in [-0.1, -0.05) is 60.1 Å². The zero-order chi connectivity index (χ0) is 22.3. The summed E-state index contributed by atoms with van der Waals surface area (Å²) < 4.78 is 7.60. The van der Waals surface area contributed by atoms with Gasteiger partial charge in [0.05, 0.1) is 43.4 Å². The Morgan fingerprint density at radius 3 is 2.56 bits per heavy atom. The van der Waals surface area contributed by atoms with E-state index in [0.29, 0.717) is 29.6 Å². The Morgan fingerprint density at radius 2 is 1.75 bits per heavy atom. The van der Waals surface area contributed by atoms with Gasteiger partial charge < -0.3 is 19.7 Å². The summed E-state index contributed by atoms with van der Waals surface area (Å²) in [5.41, 5.74) is 3.16. The largest absolute Gasteiger partial charge is 0.389 e. The van der Waals surface area contributed by atoms with E-state index in [2.05, 4.69) is 10.3 Å². The van der Waals surface area contributed by atoms with E-state index in [9.17, 15) is 9.90 Å². The quantitative estimate of drug-likeness (QED) is 0.401. The Labute approximate surface area is 191 Å². The van der Waals surface area contributed by atoms with Crippen molar-refractivity contribution in [3.05, 3.63) is 101 Å². The van der Waals surface area contributed by atoms with Gasteiger partial charge >= 0.3 is 0 Å². The zero-order valence-corrected chi connectivity index (χ0v) is 18.2. The molecule has 0 saturated heterocycles. The second-order valence-electron chi connectivity index (χ2n) is 7.44. The van der Waals surface area contributed by atoms with E-state index in [1.54, 1.807) is 12.1 Å². The van der Waals surface area contributed by atoms with Crippen molar-refractivity contribution in [1.82, 2.24) is 14.9 Å². The summed E-state index contributed by atoms with van der Waals surface area (Å²) >= 11 is 6.16. The normalized spacial score (nSPS) is 12.1. The van der Waals surface area contributed by atoms with Gasteiger partial charge in [0.1, 0.15) is 5.82 Å². The zero-order valence-electron chi connectivity index (χ0n) is 17.4. The van der Waals surface area contributed by atoms with E-state index < -0.39 is 6.10 Å². The minimum atomic E-state index is -0.751. The van der Waals surface area contributed by atoms with Crippen LogP contribution in [0.3, 0.4) is 0 Å². The lowest BCUT2D eigenvalue weighted by atomic mass is 10.2. The number of benzene rings is 3. The maximum absolute atomic E-state index is 12.4. The van der Waals surface area contributed by atoms with Crippen LogP contribution in [0, 0.1) is 0 Å². The van der Waals surface area contributed by atoms with E-state index in [1.807, 2.05) is 71.3 Å². The molecule has 0 bridgehead atoms. The number of nitrogens with zero attached hydrogens (tertiary/aromatic N) is 2. The van der Waals surface area contributed by atoms with E-state index in [-0.39, 0.29) is 19.1 Å². The first-order valence-corrected chi connectivity index (χ1v) is 10.8. The monoisotopic (exact) mass is 449 g/mol. The van der Waals surface area contributed by atoms with Crippen LogP contribution in [0.4, 0.5) is 0 Å². The van der Waals surface area contributed by atoms with Crippen LogP contribution in [-0.4, -0.2) is 33.3 Å². The van der Waals surface area contributed by atoms with Gasteiger partial charge in [-0.3, -0.25) is 4.79 Å². The Kier molecular flexibility index (Phi) is 7.17. The van der Waals surface area contributed by atoms with Crippen LogP contribution in [0.15, 0.2) is 78.9 Å². The fraction of sp³-hybridized carbons (Fsp3) is 0.200. The number of rotatable bonds is 9. The number of aliphatic hydroxyl groups excluding tert-OH is 1. The van der Waals surface area contributed by atoms with Crippen LogP contribution in [0.1, 0.15) is 21.7 Å². The van der Waals surface area contributed by atoms with Gasteiger partial charge in [0.25, 0.3) is 5.91 Å². The smallest absolute Gasteiger partial charge is 0.251 e. The summed E-state index contributed by atoms with van der Waals surface area (Å²) in [4.78, 5) is 17.1. The van der Waals surface area contributed by atoms with Crippen molar-refractivity contribution in [3.63, 3.8) is 0 Å². The van der Waals surface area contributed by atoms with Crippen LogP contribution in [-0.2, 0) is 24.4 Å². The van der Waals surface area contributed by atoms with E-state index >= 15 is 0 Å². The van der Waals surface area contributed by atoms with Crippen LogP contribution in [0.25, 0.3) is 11.0 Å². The number of hydrogen-bond donors (Lipinski definition) is 2. The van der Waals surface area contributed by atoms with Crippen molar-refractivity contribution in [2.75, 3.05) is 6.61 Å². The van der Waals surface area contributed by atoms with Gasteiger partial charge in [0.15, 0.2) is 0 Å². The van der Waals surface area contributed by atoms with Crippen LogP contribution in [0.2, 0.25) is 5.02 Å². The van der Waals surface area contributed by atoms with Gasteiger partial charge in [-0.2, -0.15) is 0 Å². The Bertz CT molecular complexity index is 1190. The molecule has 0 spiro atoms. The van der Waals surface area contributed by atoms with Gasteiger partial charge in [-0.15, -0.1) is 0 Å². The molecule has 1 atom stereocenters. The number of amides is 1. The maximum atomic E-state index is 12.4. The third-order valence-corrected chi connectivity index (χ3v) is 5.46. The number of ether oxygens (including phenoxy) is 1. The Hall–Kier alpha value is -3.19. The average Bonchev–Trinajstić information content (AvgIpc) is 3.16. The molecule has 1 amide bonds. The van der Waals surface area contributed by atoms with Crippen LogP contribution in [0.5, 0.6) is 0 Å². The van der Waals surface area contributed by atoms with Crippen molar-refractivity contribution in [2.24, 2.45) is 0 Å². The molecule has 0 fully saturated rings. The first-order chi connectivity index (χ1) is 15.6. The van der Waals surface area contributed by atoms with Crippen molar-refractivity contribution in [3.8, 4) is 0 Å². The molecule has 0 aliphatic rings. The summed E-state index contributed by atoms with van der Waals surface area (Å²) in [7, 11) is 0. The van der Waals surface area contributed by atoms with Crippen LogP contribution < -0.4 is 5.32 Å². The summed E-state index contributed by atoms with van der Waals surface area (Å²) in [6.45, 7) is 1.00. The summed E-state index contributed by atoms with van der Waals surface area (Å²) in [5, 5.41) is 14.2. The highest BCUT2D eigenvalue weighted by Crippen LogP contribution is 2.18. The van der Waals surface area contributed by atoms with E-state index in [4.69, 9.17) is 16.3 Å².